The van der Waals surface area contributed by atoms with E-state index in [0.717, 1.165) is 116 Å². The second-order valence-electron chi connectivity index (χ2n) is 28.0. The van der Waals surface area contributed by atoms with Crippen LogP contribution in [-0.2, 0) is 32.7 Å². The number of nitrogens with zero attached hydrogens (tertiary/aromatic N) is 1. The van der Waals surface area contributed by atoms with E-state index in [1.165, 1.54) is 199 Å². The molecule has 10 heteroatoms. The molecular formula is C88H152NO8P. The van der Waals surface area contributed by atoms with E-state index in [9.17, 15) is 19.0 Å². The highest BCUT2D eigenvalue weighted by Gasteiger charge is 2.22. The molecule has 562 valence electrons. The predicted octanol–water partition coefficient (Wildman–Crippen LogP) is 26.6. The lowest BCUT2D eigenvalue weighted by molar-refractivity contribution is -0.870. The number of unbranched alkanes of at least 4 members (excludes halogenated alkanes) is 36. The minimum atomic E-state index is -4.65. The van der Waals surface area contributed by atoms with Gasteiger partial charge in [0.15, 0.2) is 6.10 Å². The molecule has 0 bridgehead atoms. The summed E-state index contributed by atoms with van der Waals surface area (Å²) in [6.45, 7) is 4.14. The van der Waals surface area contributed by atoms with Gasteiger partial charge in [-0.05, 0) is 122 Å². The number of likely N-dealkylation sites (N-methyl/N-ethyl adjacent to an activating group) is 1. The van der Waals surface area contributed by atoms with E-state index in [1.54, 1.807) is 0 Å². The minimum Gasteiger partial charge on any atom is -0.756 e. The van der Waals surface area contributed by atoms with Gasteiger partial charge in [0.1, 0.15) is 19.8 Å². The van der Waals surface area contributed by atoms with Crippen LogP contribution < -0.4 is 4.89 Å². The molecule has 0 aliphatic heterocycles. The molecule has 0 N–H and O–H groups in total. The Morgan fingerprint density at radius 2 is 0.582 bits per heavy atom. The summed E-state index contributed by atoms with van der Waals surface area (Å²) >= 11 is 0. The lowest BCUT2D eigenvalue weighted by Crippen LogP contribution is -2.37. The normalized spacial score (nSPS) is 13.8. The van der Waals surface area contributed by atoms with Gasteiger partial charge in [0.25, 0.3) is 7.82 Å². The van der Waals surface area contributed by atoms with Crippen LogP contribution in [0.2, 0.25) is 0 Å². The summed E-state index contributed by atoms with van der Waals surface area (Å²) < 4.78 is 34.4. The SMILES string of the molecule is CC/C=C\C/C=C\C/C=C\C/C=C\C/C=C\C/C=C\C/C=C\C/C=C\C/C=C\C/C=C\CCCCCCCCCCCCC(=O)OC(COC(=O)CCCCCCCCCCCCCCCCCCCCCCC/C=C\C/C=C\CCCCCCC)COP(=O)([O-])OCC[N+](C)(C)C. The first kappa shape index (κ1) is 93.9. The molecule has 98 heavy (non-hydrogen) atoms. The molecule has 0 rings (SSSR count). The molecule has 0 aromatic heterocycles. The number of rotatable bonds is 74. The average Bonchev–Trinajstić information content (AvgIpc) is 1.08. The monoisotopic (exact) mass is 1380 g/mol. The number of allylic oxidation sites excluding steroid dienone is 24. The first-order chi connectivity index (χ1) is 48.0. The zero-order valence-corrected chi connectivity index (χ0v) is 65.1. The van der Waals surface area contributed by atoms with Crippen molar-refractivity contribution in [1.29, 1.82) is 0 Å². The number of ether oxygens (including phenoxy) is 2. The van der Waals surface area contributed by atoms with Crippen LogP contribution >= 0.6 is 7.82 Å². The Labute approximate surface area is 605 Å². The van der Waals surface area contributed by atoms with E-state index >= 15 is 0 Å². The molecule has 9 nitrogen and oxygen atoms in total. The molecule has 0 heterocycles. The lowest BCUT2D eigenvalue weighted by Gasteiger charge is -2.28. The fourth-order valence-corrected chi connectivity index (χ4v) is 11.9. The van der Waals surface area contributed by atoms with E-state index in [2.05, 4.69) is 160 Å². The van der Waals surface area contributed by atoms with E-state index in [1.807, 2.05) is 21.1 Å². The Bertz CT molecular complexity index is 2170. The van der Waals surface area contributed by atoms with Crippen molar-refractivity contribution < 1.29 is 42.1 Å². The van der Waals surface area contributed by atoms with Crippen LogP contribution in [0.15, 0.2) is 146 Å². The second kappa shape index (κ2) is 77.1. The van der Waals surface area contributed by atoms with Crippen molar-refractivity contribution in [2.24, 2.45) is 0 Å². The quantitative estimate of drug-likeness (QED) is 0.0195. The summed E-state index contributed by atoms with van der Waals surface area (Å²) in [5, 5.41) is 0. The van der Waals surface area contributed by atoms with E-state index in [4.69, 9.17) is 18.5 Å². The highest BCUT2D eigenvalue weighted by molar-refractivity contribution is 7.45. The number of carbonyl (C=O) groups is 2. The summed E-state index contributed by atoms with van der Waals surface area (Å²) in [6.07, 6.45) is 114. The number of quaternary nitrogens is 1. The highest BCUT2D eigenvalue weighted by atomic mass is 31.2. The van der Waals surface area contributed by atoms with Gasteiger partial charge in [0.2, 0.25) is 0 Å². The van der Waals surface area contributed by atoms with Gasteiger partial charge in [-0.3, -0.25) is 14.2 Å². The lowest BCUT2D eigenvalue weighted by atomic mass is 10.0. The molecule has 0 saturated carbocycles. The van der Waals surface area contributed by atoms with Crippen LogP contribution in [-0.4, -0.2) is 70.0 Å². The summed E-state index contributed by atoms with van der Waals surface area (Å²) in [5.41, 5.74) is 0. The molecule has 0 fully saturated rings. The van der Waals surface area contributed by atoms with Crippen LogP contribution in [0.3, 0.4) is 0 Å². The molecule has 0 spiro atoms. The van der Waals surface area contributed by atoms with E-state index in [-0.39, 0.29) is 32.0 Å². The van der Waals surface area contributed by atoms with Crippen LogP contribution in [0.25, 0.3) is 0 Å². The third-order valence-corrected chi connectivity index (χ3v) is 18.3. The standard InChI is InChI=1S/C88H152NO8P/c1-6-8-10-12-14-16-18-20-22-24-26-28-30-32-34-36-38-40-41-42-43-44-45-46-47-49-51-53-55-57-59-61-63-65-67-69-71-73-75-77-79-81-88(91)97-86(85-96-98(92,93)95-83-82-89(3,4)5)84-94-87(90)80-78-76-74-72-70-68-66-64-62-60-58-56-54-52-50-48-39-37-35-33-31-29-27-25-23-21-19-17-15-13-11-9-7-2/h8,10,14,16,19-22,25-28,32,34,38,40,42-43,45-46,49,51,55,57,86H,6-7,9,11-13,15,17-18,23-24,29-31,33,35-37,39,41,44,47-48,50,52-54,56,58-85H2,1-5H3/b10-8-,16-14-,21-19-,22-20-,27-25-,28-26-,34-32-,40-38-,43-42-,46-45-,51-49-,57-55-. The van der Waals surface area contributed by atoms with Crippen LogP contribution in [0, 0.1) is 0 Å². The van der Waals surface area contributed by atoms with Crippen molar-refractivity contribution in [3.05, 3.63) is 146 Å². The van der Waals surface area contributed by atoms with Crippen molar-refractivity contribution in [2.45, 2.75) is 354 Å². The van der Waals surface area contributed by atoms with E-state index < -0.39 is 26.5 Å². The van der Waals surface area contributed by atoms with Gasteiger partial charge < -0.3 is 27.9 Å². The van der Waals surface area contributed by atoms with Crippen molar-refractivity contribution >= 4 is 19.8 Å². The smallest absolute Gasteiger partial charge is 0.306 e. The summed E-state index contributed by atoms with van der Waals surface area (Å²) in [5.74, 6) is -0.832. The van der Waals surface area contributed by atoms with Crippen molar-refractivity contribution in [2.75, 3.05) is 47.5 Å². The second-order valence-corrected chi connectivity index (χ2v) is 29.5. The van der Waals surface area contributed by atoms with Crippen molar-refractivity contribution in [1.82, 2.24) is 0 Å². The van der Waals surface area contributed by atoms with Crippen molar-refractivity contribution in [3.63, 3.8) is 0 Å². The number of hydrogen-bond acceptors (Lipinski definition) is 8. The Morgan fingerprint density at radius 3 is 0.867 bits per heavy atom. The maximum atomic E-state index is 12.9. The van der Waals surface area contributed by atoms with Gasteiger partial charge in [-0.2, -0.15) is 0 Å². The van der Waals surface area contributed by atoms with Gasteiger partial charge in [-0.15, -0.1) is 0 Å². The molecular weight excluding hydrogens is 1230 g/mol. The number of esters is 2. The Kier molecular flexibility index (Phi) is 73.8. The highest BCUT2D eigenvalue weighted by Crippen LogP contribution is 2.38. The zero-order valence-electron chi connectivity index (χ0n) is 64.2. The Hall–Kier alpha value is -4.11. The van der Waals surface area contributed by atoms with Crippen LogP contribution in [0.1, 0.15) is 348 Å². The summed E-state index contributed by atoms with van der Waals surface area (Å²) in [7, 11) is 1.16. The number of carbonyl (C=O) groups excluding carboxylic acids is 2. The van der Waals surface area contributed by atoms with E-state index in [0.29, 0.717) is 17.4 Å². The first-order valence-corrected chi connectivity index (χ1v) is 42.0. The molecule has 0 radical (unpaired) electrons. The molecule has 0 aliphatic rings. The number of phosphoric acid groups is 1. The zero-order chi connectivity index (χ0) is 71.1. The minimum absolute atomic E-state index is 0.0362. The van der Waals surface area contributed by atoms with Gasteiger partial charge >= 0.3 is 11.9 Å². The number of phosphoric ester groups is 1. The van der Waals surface area contributed by atoms with Crippen LogP contribution in [0.5, 0.6) is 0 Å². The number of hydrogen-bond donors (Lipinski definition) is 0. The molecule has 0 amide bonds. The van der Waals surface area contributed by atoms with Crippen LogP contribution in [0.4, 0.5) is 0 Å². The molecule has 0 aromatic rings. The van der Waals surface area contributed by atoms with Gasteiger partial charge in [0.05, 0.1) is 27.7 Å². The van der Waals surface area contributed by atoms with Crippen molar-refractivity contribution in [3.8, 4) is 0 Å². The molecule has 0 aliphatic carbocycles. The average molecular weight is 1380 g/mol. The molecule has 0 aromatic carbocycles. The maximum absolute atomic E-state index is 12.9. The Balaban J connectivity index is 4.02. The first-order valence-electron chi connectivity index (χ1n) is 40.5. The molecule has 0 saturated heterocycles. The summed E-state index contributed by atoms with van der Waals surface area (Å²) in [6, 6.07) is 0. The molecule has 2 atom stereocenters. The Morgan fingerprint density at radius 1 is 0.327 bits per heavy atom. The molecule has 2 unspecified atom stereocenters. The fraction of sp³-hybridized carbons (Fsp3) is 0.705. The fourth-order valence-electron chi connectivity index (χ4n) is 11.2. The van der Waals surface area contributed by atoms with Gasteiger partial charge in [-0.1, -0.05) is 359 Å². The largest absolute Gasteiger partial charge is 0.756 e. The predicted molar refractivity (Wildman–Crippen MR) is 424 cm³/mol. The third kappa shape index (κ3) is 80.9. The third-order valence-electron chi connectivity index (χ3n) is 17.3. The van der Waals surface area contributed by atoms with Gasteiger partial charge in [-0.25, -0.2) is 0 Å². The van der Waals surface area contributed by atoms with Gasteiger partial charge in [0, 0.05) is 12.8 Å². The summed E-state index contributed by atoms with van der Waals surface area (Å²) in [4.78, 5) is 38.2. The topological polar surface area (TPSA) is 111 Å². The maximum Gasteiger partial charge on any atom is 0.306 e.